The van der Waals surface area contributed by atoms with Crippen molar-refractivity contribution in [3.8, 4) is 17.1 Å². The van der Waals surface area contributed by atoms with Crippen LogP contribution in [0.25, 0.3) is 39.6 Å². The predicted octanol–water partition coefficient (Wildman–Crippen LogP) is 6.74. The van der Waals surface area contributed by atoms with Crippen LogP contribution >= 0.6 is 0 Å². The van der Waals surface area contributed by atoms with Gasteiger partial charge in [0.05, 0.1) is 16.9 Å². The number of amides is 2. The molecule has 8 heteroatoms. The molecule has 8 nitrogen and oxygen atoms in total. The average molecular weight is 593 g/mol. The molecule has 1 N–H and O–H groups in total. The number of H-pyrrole nitrogens is 1. The summed E-state index contributed by atoms with van der Waals surface area (Å²) in [4.78, 5) is 35.6. The summed E-state index contributed by atoms with van der Waals surface area (Å²) >= 11 is 0. The molecule has 0 saturated heterocycles. The molecule has 0 atom stereocenters. The summed E-state index contributed by atoms with van der Waals surface area (Å²) in [5.74, 6) is 0.549. The van der Waals surface area contributed by atoms with Crippen LogP contribution < -0.4 is 4.90 Å². The Bertz CT molecular complexity index is 2040. The highest BCUT2D eigenvalue weighted by molar-refractivity contribution is 6.31. The summed E-state index contributed by atoms with van der Waals surface area (Å²) in [5, 5.41) is 10.2. The number of fused-ring (bicyclic) bond motifs is 4. The Labute approximate surface area is 261 Å². The highest BCUT2D eigenvalue weighted by Crippen LogP contribution is 2.38. The zero-order valence-electron chi connectivity index (χ0n) is 25.1. The molecule has 0 unspecified atom stereocenters. The maximum Gasteiger partial charge on any atom is 0.262 e. The number of hydrogen-bond acceptors (Lipinski definition) is 4. The second-order valence-corrected chi connectivity index (χ2v) is 11.4. The molecule has 1 aliphatic rings. The fourth-order valence-electron chi connectivity index (χ4n) is 5.91. The monoisotopic (exact) mass is 592 g/mol. The van der Waals surface area contributed by atoms with Crippen LogP contribution in [-0.4, -0.2) is 49.0 Å². The largest absolute Gasteiger partial charge is 0.361 e. The van der Waals surface area contributed by atoms with Crippen LogP contribution in [-0.2, 0) is 16.1 Å². The molecular formula is C37H32N6O2. The Hall–Kier alpha value is -5.76. The highest BCUT2D eigenvalue weighted by Gasteiger charge is 2.35. The molecule has 222 valence electrons. The highest BCUT2D eigenvalue weighted by atomic mass is 16.2. The second-order valence-electron chi connectivity index (χ2n) is 11.4. The van der Waals surface area contributed by atoms with Crippen molar-refractivity contribution in [2.75, 3.05) is 11.4 Å². The van der Waals surface area contributed by atoms with E-state index in [1.54, 1.807) is 4.90 Å². The summed E-state index contributed by atoms with van der Waals surface area (Å²) in [6.45, 7) is 4.30. The molecule has 4 aromatic carbocycles. The van der Waals surface area contributed by atoms with E-state index in [1.165, 1.54) is 0 Å². The van der Waals surface area contributed by atoms with Crippen LogP contribution in [0, 0.1) is 0 Å². The van der Waals surface area contributed by atoms with Crippen LogP contribution in [0.4, 0.5) is 5.69 Å². The van der Waals surface area contributed by atoms with Crippen LogP contribution in [0.5, 0.6) is 0 Å². The fraction of sp³-hybridized carbons (Fsp3) is 0.135. The number of benzene rings is 4. The van der Waals surface area contributed by atoms with E-state index in [1.807, 2.05) is 145 Å². The smallest absolute Gasteiger partial charge is 0.262 e. The molecule has 2 amide bonds. The van der Waals surface area contributed by atoms with E-state index < -0.39 is 0 Å². The van der Waals surface area contributed by atoms with Gasteiger partial charge in [-0.15, -0.1) is 10.2 Å². The SMILES string of the molecule is CC(C)N(Cc1ccccc1)C(=O)CN1C(=O)C(=Cc2c[nH]c3ccccc23)c2nnc(-c3ccccc3)n2-c2ccccc21. The van der Waals surface area contributed by atoms with Gasteiger partial charge in [0.2, 0.25) is 5.91 Å². The number of aromatic amines is 1. The van der Waals surface area contributed by atoms with E-state index in [2.05, 4.69) is 15.2 Å². The van der Waals surface area contributed by atoms with Crippen LogP contribution in [0.3, 0.4) is 0 Å². The molecule has 45 heavy (non-hydrogen) atoms. The van der Waals surface area contributed by atoms with Crippen molar-refractivity contribution in [1.82, 2.24) is 24.6 Å². The van der Waals surface area contributed by atoms with Gasteiger partial charge in [-0.1, -0.05) is 91.0 Å². The molecule has 2 aromatic heterocycles. The van der Waals surface area contributed by atoms with Crippen molar-refractivity contribution in [1.29, 1.82) is 0 Å². The average Bonchev–Trinajstić information content (AvgIpc) is 3.68. The number of carbonyl (C=O) groups is 2. The quantitative estimate of drug-likeness (QED) is 0.208. The van der Waals surface area contributed by atoms with Gasteiger partial charge in [-0.2, -0.15) is 0 Å². The van der Waals surface area contributed by atoms with Gasteiger partial charge in [0.1, 0.15) is 6.54 Å². The number of hydrogen-bond donors (Lipinski definition) is 1. The number of rotatable bonds is 7. The van der Waals surface area contributed by atoms with Gasteiger partial charge in [-0.3, -0.25) is 19.1 Å². The molecule has 3 heterocycles. The standard InChI is InChI=1S/C37H32N6O2/c1-25(2)41(23-26-13-5-3-6-14-26)34(44)24-42-32-19-11-12-20-33(32)43-35(27-15-7-4-8-16-27)39-40-36(43)30(37(42)45)21-28-22-38-31-18-10-9-17-29(28)31/h3-22,25,38H,23-24H2,1-2H3. The fourth-order valence-corrected chi connectivity index (χ4v) is 5.91. The van der Waals surface area contributed by atoms with Crippen molar-refractivity contribution in [2.45, 2.75) is 26.4 Å². The lowest BCUT2D eigenvalue weighted by molar-refractivity contribution is -0.133. The van der Waals surface area contributed by atoms with Crippen LogP contribution in [0.15, 0.2) is 115 Å². The number of nitrogens with zero attached hydrogens (tertiary/aromatic N) is 5. The van der Waals surface area contributed by atoms with Gasteiger partial charge in [0.15, 0.2) is 11.6 Å². The van der Waals surface area contributed by atoms with Gasteiger partial charge in [-0.05, 0) is 43.7 Å². The third-order valence-corrected chi connectivity index (χ3v) is 8.18. The van der Waals surface area contributed by atoms with Crippen LogP contribution in [0.1, 0.15) is 30.8 Å². The molecule has 0 spiro atoms. The van der Waals surface area contributed by atoms with Crippen molar-refractivity contribution in [3.63, 3.8) is 0 Å². The lowest BCUT2D eigenvalue weighted by atomic mass is 10.1. The minimum atomic E-state index is -0.324. The number of nitrogens with one attached hydrogen (secondary N) is 1. The molecule has 6 aromatic rings. The van der Waals surface area contributed by atoms with Gasteiger partial charge in [-0.25, -0.2) is 0 Å². The topological polar surface area (TPSA) is 87.1 Å². The first kappa shape index (κ1) is 28.0. The van der Waals surface area contributed by atoms with E-state index in [4.69, 9.17) is 0 Å². The van der Waals surface area contributed by atoms with Gasteiger partial charge in [0, 0.05) is 40.8 Å². The summed E-state index contributed by atoms with van der Waals surface area (Å²) in [7, 11) is 0. The maximum atomic E-state index is 14.8. The molecular weight excluding hydrogens is 560 g/mol. The van der Waals surface area contributed by atoms with Gasteiger partial charge < -0.3 is 9.88 Å². The first-order chi connectivity index (χ1) is 22.0. The summed E-state index contributed by atoms with van der Waals surface area (Å²) in [6, 6.07) is 35.2. The van der Waals surface area contributed by atoms with E-state index in [-0.39, 0.29) is 24.4 Å². The predicted molar refractivity (Wildman–Crippen MR) is 177 cm³/mol. The molecule has 7 rings (SSSR count). The lowest BCUT2D eigenvalue weighted by Crippen LogP contribution is -2.45. The van der Waals surface area contributed by atoms with Crippen molar-refractivity contribution < 1.29 is 9.59 Å². The molecule has 0 radical (unpaired) electrons. The van der Waals surface area contributed by atoms with Crippen LogP contribution in [0.2, 0.25) is 0 Å². The Morgan fingerprint density at radius 2 is 1.47 bits per heavy atom. The van der Waals surface area contributed by atoms with Gasteiger partial charge in [0.25, 0.3) is 5.91 Å². The van der Waals surface area contributed by atoms with Crippen molar-refractivity contribution >= 4 is 40.1 Å². The van der Waals surface area contributed by atoms with E-state index in [9.17, 15) is 9.59 Å². The summed E-state index contributed by atoms with van der Waals surface area (Å²) in [5.41, 5.74) is 5.37. The summed E-state index contributed by atoms with van der Waals surface area (Å²) in [6.07, 6.45) is 3.74. The van der Waals surface area contributed by atoms with Crippen molar-refractivity contribution in [3.05, 3.63) is 132 Å². The minimum Gasteiger partial charge on any atom is -0.361 e. The van der Waals surface area contributed by atoms with E-state index in [0.29, 0.717) is 29.5 Å². The lowest BCUT2D eigenvalue weighted by Gasteiger charge is -2.30. The molecule has 0 bridgehead atoms. The zero-order valence-corrected chi connectivity index (χ0v) is 25.1. The first-order valence-electron chi connectivity index (χ1n) is 15.0. The molecule has 0 aliphatic carbocycles. The number of carbonyl (C=O) groups excluding carboxylic acids is 2. The number of para-hydroxylation sites is 3. The van der Waals surface area contributed by atoms with E-state index in [0.717, 1.165) is 33.3 Å². The molecule has 1 aliphatic heterocycles. The Morgan fingerprint density at radius 1 is 0.822 bits per heavy atom. The Kier molecular flexibility index (Phi) is 7.31. The summed E-state index contributed by atoms with van der Waals surface area (Å²) < 4.78 is 1.93. The van der Waals surface area contributed by atoms with Gasteiger partial charge >= 0.3 is 0 Å². The van der Waals surface area contributed by atoms with Crippen molar-refractivity contribution in [2.24, 2.45) is 0 Å². The minimum absolute atomic E-state index is 0.0689. The third-order valence-electron chi connectivity index (χ3n) is 8.18. The molecule has 0 saturated carbocycles. The van der Waals surface area contributed by atoms with E-state index >= 15 is 0 Å². The normalized spacial score (nSPS) is 13.6. The number of aromatic nitrogens is 4. The molecule has 0 fully saturated rings. The Morgan fingerprint density at radius 3 is 2.22 bits per heavy atom. The second kappa shape index (κ2) is 11.7. The first-order valence-corrected chi connectivity index (χ1v) is 15.0. The maximum absolute atomic E-state index is 14.8. The number of anilines is 1. The zero-order chi connectivity index (χ0) is 30.9. The third kappa shape index (κ3) is 5.20. The Balaban J connectivity index is 1.39.